The Hall–Kier alpha value is 0.439. The van der Waals surface area contributed by atoms with Crippen LogP contribution in [0.25, 0.3) is 0 Å². The Kier molecular flexibility index (Phi) is 39.3. The second-order valence-corrected chi connectivity index (χ2v) is 14.6. The Morgan fingerprint density at radius 1 is 0.629 bits per heavy atom. The third kappa shape index (κ3) is 44.8. The van der Waals surface area contributed by atoms with Gasteiger partial charge in [-0.05, 0) is 24.7 Å². The predicted octanol–water partition coefficient (Wildman–Crippen LogP) is 8.48. The van der Waals surface area contributed by atoms with Crippen molar-refractivity contribution in [1.82, 2.24) is 0 Å². The van der Waals surface area contributed by atoms with Gasteiger partial charge >= 0.3 is 81.5 Å². The zero-order valence-corrected chi connectivity index (χ0v) is 28.6. The first-order valence-electron chi connectivity index (χ1n) is 14.0. The first-order valence-corrected chi connectivity index (χ1v) is 19.3. The number of ether oxygens (including phenoxy) is 2. The van der Waals surface area contributed by atoms with Crippen LogP contribution < -0.4 is 0 Å². The van der Waals surface area contributed by atoms with Gasteiger partial charge in [-0.25, -0.2) is 0 Å². The van der Waals surface area contributed by atoms with E-state index in [0.29, 0.717) is 13.2 Å². The van der Waals surface area contributed by atoms with Gasteiger partial charge in [-0.1, -0.05) is 66.2 Å². The maximum atomic E-state index is 10.7. The summed E-state index contributed by atoms with van der Waals surface area (Å²) in [5.74, 6) is 1.50. The van der Waals surface area contributed by atoms with Crippen molar-refractivity contribution in [2.75, 3.05) is 24.7 Å². The van der Waals surface area contributed by atoms with Gasteiger partial charge in [-0.3, -0.25) is 9.59 Å². The fourth-order valence-corrected chi connectivity index (χ4v) is 7.20. The van der Waals surface area contributed by atoms with Gasteiger partial charge in [0.25, 0.3) is 0 Å². The van der Waals surface area contributed by atoms with Gasteiger partial charge in [0.2, 0.25) is 0 Å². The Labute approximate surface area is 240 Å². The molecule has 7 heteroatoms. The predicted molar refractivity (Wildman–Crippen MR) is 161 cm³/mol. The van der Waals surface area contributed by atoms with E-state index in [1.165, 1.54) is 51.4 Å². The molecule has 0 aromatic heterocycles. The molecule has 0 aromatic rings. The zero-order valence-electron chi connectivity index (χ0n) is 23.9. The van der Waals surface area contributed by atoms with Gasteiger partial charge in [0.1, 0.15) is 0 Å². The molecule has 0 bridgehead atoms. The Morgan fingerprint density at radius 2 is 1.00 bits per heavy atom. The van der Waals surface area contributed by atoms with Crippen LogP contribution in [-0.4, -0.2) is 57.8 Å². The van der Waals surface area contributed by atoms with Crippen molar-refractivity contribution in [3.8, 4) is 0 Å². The van der Waals surface area contributed by atoms with Crippen molar-refractivity contribution in [3.05, 3.63) is 0 Å². The normalized spacial score (nSPS) is 10.3. The SMILES string of the molecule is CC(C)CCCCCOC(=O)CS.CC(C)CCCCCOC(=O)CS.CCC[CH2][Sn][CH2]CCC. The van der Waals surface area contributed by atoms with Crippen LogP contribution in [0.1, 0.15) is 119 Å². The molecule has 0 unspecified atom stereocenters. The molecule has 0 atom stereocenters. The summed E-state index contributed by atoms with van der Waals surface area (Å²) in [6.07, 6.45) is 15.1. The van der Waals surface area contributed by atoms with Crippen molar-refractivity contribution in [2.45, 2.75) is 127 Å². The van der Waals surface area contributed by atoms with E-state index in [2.05, 4.69) is 66.8 Å². The van der Waals surface area contributed by atoms with Crippen molar-refractivity contribution in [2.24, 2.45) is 11.8 Å². The molecule has 2 radical (unpaired) electrons. The molecular formula is C28H58O4S2Sn. The topological polar surface area (TPSA) is 52.6 Å². The van der Waals surface area contributed by atoms with Crippen molar-refractivity contribution < 1.29 is 19.1 Å². The molecule has 210 valence electrons. The van der Waals surface area contributed by atoms with Crippen LogP contribution in [0.5, 0.6) is 0 Å². The fraction of sp³-hybridized carbons (Fsp3) is 0.929. The Morgan fingerprint density at radius 3 is 1.29 bits per heavy atom. The van der Waals surface area contributed by atoms with Gasteiger partial charge in [0, 0.05) is 0 Å². The summed E-state index contributed by atoms with van der Waals surface area (Å²) in [4.78, 5) is 21.3. The van der Waals surface area contributed by atoms with E-state index in [0.717, 1.165) is 37.5 Å². The number of thiol groups is 2. The van der Waals surface area contributed by atoms with E-state index in [1.54, 1.807) is 8.87 Å². The summed E-state index contributed by atoms with van der Waals surface area (Å²) in [5, 5.41) is 0. The third-order valence-corrected chi connectivity index (χ3v) is 9.60. The second kappa shape index (κ2) is 34.4. The molecule has 0 saturated heterocycles. The molecule has 4 nitrogen and oxygen atoms in total. The summed E-state index contributed by atoms with van der Waals surface area (Å²) in [7, 11) is 0. The van der Waals surface area contributed by atoms with E-state index in [4.69, 9.17) is 9.47 Å². The van der Waals surface area contributed by atoms with Crippen LogP contribution in [0.4, 0.5) is 0 Å². The molecule has 0 aliphatic carbocycles. The number of hydrogen-bond acceptors (Lipinski definition) is 6. The molecule has 0 N–H and O–H groups in total. The monoisotopic (exact) mass is 642 g/mol. The molecule has 0 saturated carbocycles. The summed E-state index contributed by atoms with van der Waals surface area (Å²) in [6, 6.07) is 0. The minimum absolute atomic E-state index is 0.149. The van der Waals surface area contributed by atoms with Crippen LogP contribution in [0.15, 0.2) is 0 Å². The molecule has 35 heavy (non-hydrogen) atoms. The second-order valence-electron chi connectivity index (χ2n) is 9.70. The first kappa shape index (κ1) is 39.9. The molecular weight excluding hydrogens is 583 g/mol. The Balaban J connectivity index is -0.000000448. The average molecular weight is 642 g/mol. The maximum absolute atomic E-state index is 10.7. The molecule has 0 heterocycles. The number of rotatable bonds is 20. The summed E-state index contributed by atoms with van der Waals surface area (Å²) in [5.41, 5.74) is 0. The third-order valence-electron chi connectivity index (χ3n) is 5.05. The number of hydrogen-bond donors (Lipinski definition) is 2. The van der Waals surface area contributed by atoms with Gasteiger partial charge < -0.3 is 9.47 Å². The van der Waals surface area contributed by atoms with Crippen molar-refractivity contribution in [3.63, 3.8) is 0 Å². The van der Waals surface area contributed by atoms with Crippen LogP contribution in [-0.2, 0) is 19.1 Å². The molecule has 0 rings (SSSR count). The van der Waals surface area contributed by atoms with Gasteiger partial charge in [0.05, 0.1) is 24.7 Å². The van der Waals surface area contributed by atoms with E-state index >= 15 is 0 Å². The fourth-order valence-electron chi connectivity index (χ4n) is 2.85. The molecule has 0 spiro atoms. The summed E-state index contributed by atoms with van der Waals surface area (Å²) < 4.78 is 13.0. The summed E-state index contributed by atoms with van der Waals surface area (Å²) in [6.45, 7) is 14.6. The molecule has 0 fully saturated rings. The van der Waals surface area contributed by atoms with E-state index < -0.39 is 0 Å². The van der Waals surface area contributed by atoms with Gasteiger partial charge in [-0.2, -0.15) is 25.3 Å². The molecule has 0 aromatic carbocycles. The number of unbranched alkanes of at least 4 members (excludes halogenated alkanes) is 6. The minimum atomic E-state index is -0.216. The van der Waals surface area contributed by atoms with Crippen LogP contribution in [0.3, 0.4) is 0 Å². The molecule has 0 amide bonds. The van der Waals surface area contributed by atoms with Crippen molar-refractivity contribution >= 4 is 58.3 Å². The summed E-state index contributed by atoms with van der Waals surface area (Å²) >= 11 is 7.77. The standard InChI is InChI=1S/2C10H20O2S.2C4H9.Sn/c2*1-9(2)6-4-3-5-7-12-10(11)8-13;2*1-3-4-2;/h2*9,13H,3-8H2,1-2H3;2*1,3-4H2,2H3;. The quantitative estimate of drug-likeness (QED) is 0.0606. The number of esters is 2. The van der Waals surface area contributed by atoms with Crippen LogP contribution in [0.2, 0.25) is 8.87 Å². The van der Waals surface area contributed by atoms with Crippen molar-refractivity contribution in [1.29, 1.82) is 0 Å². The van der Waals surface area contributed by atoms with E-state index in [9.17, 15) is 9.59 Å². The number of carbonyl (C=O) groups is 2. The van der Waals surface area contributed by atoms with Crippen LogP contribution >= 0.6 is 25.3 Å². The van der Waals surface area contributed by atoms with E-state index in [1.807, 2.05) is 0 Å². The van der Waals surface area contributed by atoms with Gasteiger partial charge in [-0.15, -0.1) is 0 Å². The average Bonchev–Trinajstić information content (AvgIpc) is 2.83. The zero-order chi connectivity index (χ0) is 27.2. The van der Waals surface area contributed by atoms with Crippen LogP contribution in [0, 0.1) is 11.8 Å². The number of carbonyl (C=O) groups excluding carboxylic acids is 2. The molecule has 0 aliphatic heterocycles. The van der Waals surface area contributed by atoms with E-state index in [-0.39, 0.29) is 44.6 Å². The van der Waals surface area contributed by atoms with Gasteiger partial charge in [0.15, 0.2) is 0 Å². The Bertz CT molecular complexity index is 397. The molecule has 0 aliphatic rings. The first-order chi connectivity index (χ1) is 16.7.